The molecular weight excluding hydrogens is 346 g/mol. The molecule has 1 aromatic heterocycles. The van der Waals surface area contributed by atoms with Gasteiger partial charge in [0, 0.05) is 36.6 Å². The van der Waals surface area contributed by atoms with Crippen molar-refractivity contribution in [1.29, 1.82) is 0 Å². The van der Waals surface area contributed by atoms with Crippen molar-refractivity contribution in [2.45, 2.75) is 51.7 Å². The summed E-state index contributed by atoms with van der Waals surface area (Å²) in [5, 5.41) is 21.3. The second kappa shape index (κ2) is 7.09. The van der Waals surface area contributed by atoms with Gasteiger partial charge >= 0.3 is 6.03 Å². The molecular formula is C19H25N5O3. The van der Waals surface area contributed by atoms with Gasteiger partial charge < -0.3 is 24.6 Å². The summed E-state index contributed by atoms with van der Waals surface area (Å²) >= 11 is 0. The number of carbonyl (C=O) groups is 1. The van der Waals surface area contributed by atoms with Crippen molar-refractivity contribution in [3.8, 4) is 11.5 Å². The second-order valence-electron chi connectivity index (χ2n) is 7.49. The second-order valence-corrected chi connectivity index (χ2v) is 7.49. The molecule has 4 rings (SSSR count). The molecule has 2 aliphatic rings. The zero-order valence-corrected chi connectivity index (χ0v) is 15.7. The number of amides is 2. The van der Waals surface area contributed by atoms with E-state index < -0.39 is 0 Å². The minimum Gasteiger partial charge on any atom is -0.508 e. The molecule has 0 saturated heterocycles. The van der Waals surface area contributed by atoms with Gasteiger partial charge in [-0.3, -0.25) is 0 Å². The number of hydrogen-bond donors (Lipinski definition) is 2. The van der Waals surface area contributed by atoms with Crippen molar-refractivity contribution in [3.05, 3.63) is 35.4 Å². The van der Waals surface area contributed by atoms with Crippen LogP contribution in [0.2, 0.25) is 0 Å². The van der Waals surface area contributed by atoms with Crippen LogP contribution in [0.15, 0.2) is 18.2 Å². The van der Waals surface area contributed by atoms with E-state index in [0.717, 1.165) is 30.1 Å². The van der Waals surface area contributed by atoms with Gasteiger partial charge in [-0.1, -0.05) is 13.8 Å². The molecule has 1 unspecified atom stereocenters. The molecule has 0 aliphatic carbocycles. The topological polar surface area (TPSA) is 92.5 Å². The first-order valence-electron chi connectivity index (χ1n) is 9.43. The number of phenolic OH excluding ortho intramolecular Hbond substituents is 1. The molecule has 1 aromatic carbocycles. The molecule has 0 spiro atoms. The first-order chi connectivity index (χ1) is 13.0. The number of hydrogen-bond acceptors (Lipinski definition) is 5. The van der Waals surface area contributed by atoms with Crippen molar-refractivity contribution >= 4 is 6.03 Å². The zero-order chi connectivity index (χ0) is 19.0. The van der Waals surface area contributed by atoms with E-state index in [0.29, 0.717) is 37.9 Å². The predicted octanol–water partition coefficient (Wildman–Crippen LogP) is 2.03. The third-order valence-corrected chi connectivity index (χ3v) is 5.14. The average Bonchev–Trinajstić information content (AvgIpc) is 2.94. The number of nitrogens with one attached hydrogen (secondary N) is 1. The summed E-state index contributed by atoms with van der Waals surface area (Å²) < 4.78 is 7.82. The summed E-state index contributed by atoms with van der Waals surface area (Å²) in [6, 6.07) is 4.98. The van der Waals surface area contributed by atoms with Crippen molar-refractivity contribution in [1.82, 2.24) is 25.0 Å². The van der Waals surface area contributed by atoms with Gasteiger partial charge in [0.1, 0.15) is 29.8 Å². The molecule has 144 valence electrons. The highest BCUT2D eigenvalue weighted by atomic mass is 16.5. The standard InChI is InChI=1S/C19H25N5O3/c1-12(2)18-22-21-17-6-4-14(11-24(17)18)20-19(26)23-7-8-27-16-9-15(25)5-3-13(16)10-23/h3,5,9,12,14,25H,4,6-8,10-11H2,1-2H3,(H,20,26). The highest BCUT2D eigenvalue weighted by Crippen LogP contribution is 2.27. The number of fused-ring (bicyclic) bond motifs is 2. The minimum atomic E-state index is -0.0906. The van der Waals surface area contributed by atoms with Crippen LogP contribution in [-0.4, -0.2) is 50.0 Å². The molecule has 0 bridgehead atoms. The SMILES string of the molecule is CC(C)c1nnc2n1CC(NC(=O)N1CCOc3cc(O)ccc3C1)CC2. The van der Waals surface area contributed by atoms with Crippen molar-refractivity contribution in [2.75, 3.05) is 13.2 Å². The van der Waals surface area contributed by atoms with E-state index >= 15 is 0 Å². The van der Waals surface area contributed by atoms with E-state index in [1.165, 1.54) is 0 Å². The molecule has 2 aromatic rings. The van der Waals surface area contributed by atoms with E-state index in [1.807, 2.05) is 0 Å². The van der Waals surface area contributed by atoms with Crippen LogP contribution in [0.5, 0.6) is 11.5 Å². The average molecular weight is 371 g/mol. The third-order valence-electron chi connectivity index (χ3n) is 5.14. The maximum absolute atomic E-state index is 12.8. The number of aryl methyl sites for hydroxylation is 1. The van der Waals surface area contributed by atoms with Gasteiger partial charge in [0.25, 0.3) is 0 Å². The van der Waals surface area contributed by atoms with Crippen LogP contribution >= 0.6 is 0 Å². The molecule has 27 heavy (non-hydrogen) atoms. The quantitative estimate of drug-likeness (QED) is 0.843. The molecule has 1 atom stereocenters. The van der Waals surface area contributed by atoms with Crippen LogP contribution in [0.25, 0.3) is 0 Å². The molecule has 2 N–H and O–H groups in total. The van der Waals surface area contributed by atoms with Crippen molar-refractivity contribution in [2.24, 2.45) is 0 Å². The number of aromatic hydroxyl groups is 1. The number of aromatic nitrogens is 3. The van der Waals surface area contributed by atoms with Gasteiger partial charge in [-0.05, 0) is 18.6 Å². The summed E-state index contributed by atoms with van der Waals surface area (Å²) in [6.45, 7) is 6.28. The Morgan fingerprint density at radius 2 is 2.22 bits per heavy atom. The van der Waals surface area contributed by atoms with Crippen LogP contribution in [-0.2, 0) is 19.5 Å². The highest BCUT2D eigenvalue weighted by molar-refractivity contribution is 5.74. The molecule has 0 radical (unpaired) electrons. The van der Waals surface area contributed by atoms with Crippen LogP contribution in [0, 0.1) is 0 Å². The Balaban J connectivity index is 1.43. The number of phenols is 1. The van der Waals surface area contributed by atoms with Crippen LogP contribution in [0.1, 0.15) is 43.4 Å². The maximum atomic E-state index is 12.8. The Kier molecular flexibility index (Phi) is 4.63. The number of benzene rings is 1. The fourth-order valence-corrected chi connectivity index (χ4v) is 3.69. The fourth-order valence-electron chi connectivity index (χ4n) is 3.69. The molecule has 0 fully saturated rings. The summed E-state index contributed by atoms with van der Waals surface area (Å²) in [6.07, 6.45) is 1.67. The van der Waals surface area contributed by atoms with Gasteiger partial charge in [-0.2, -0.15) is 0 Å². The van der Waals surface area contributed by atoms with Gasteiger partial charge in [-0.15, -0.1) is 10.2 Å². The molecule has 2 amide bonds. The highest BCUT2D eigenvalue weighted by Gasteiger charge is 2.27. The van der Waals surface area contributed by atoms with Gasteiger partial charge in [0.2, 0.25) is 0 Å². The molecule has 2 aliphatic heterocycles. The van der Waals surface area contributed by atoms with E-state index in [4.69, 9.17) is 4.74 Å². The fraction of sp³-hybridized carbons (Fsp3) is 0.526. The Bertz CT molecular complexity index is 848. The van der Waals surface area contributed by atoms with Gasteiger partial charge in [-0.25, -0.2) is 4.79 Å². The number of nitrogens with zero attached hydrogens (tertiary/aromatic N) is 4. The van der Waals surface area contributed by atoms with Gasteiger partial charge in [0.15, 0.2) is 0 Å². The number of rotatable bonds is 2. The molecule has 8 heteroatoms. The minimum absolute atomic E-state index is 0.0574. The van der Waals surface area contributed by atoms with E-state index in [-0.39, 0.29) is 17.8 Å². The molecule has 3 heterocycles. The molecule has 0 saturated carbocycles. The Labute approximate surface area is 158 Å². The number of ether oxygens (including phenoxy) is 1. The lowest BCUT2D eigenvalue weighted by atomic mass is 10.1. The van der Waals surface area contributed by atoms with E-state index in [2.05, 4.69) is 33.9 Å². The predicted molar refractivity (Wildman–Crippen MR) is 98.8 cm³/mol. The lowest BCUT2D eigenvalue weighted by molar-refractivity contribution is 0.180. The monoisotopic (exact) mass is 371 g/mol. The lowest BCUT2D eigenvalue weighted by Crippen LogP contribution is -2.48. The van der Waals surface area contributed by atoms with Crippen LogP contribution in [0.4, 0.5) is 4.79 Å². The normalized spacial score (nSPS) is 19.1. The Morgan fingerprint density at radius 1 is 1.37 bits per heavy atom. The lowest BCUT2D eigenvalue weighted by Gasteiger charge is -2.29. The third kappa shape index (κ3) is 3.56. The Hall–Kier alpha value is -2.77. The number of urea groups is 1. The largest absolute Gasteiger partial charge is 0.508 e. The van der Waals surface area contributed by atoms with Crippen molar-refractivity contribution in [3.63, 3.8) is 0 Å². The maximum Gasteiger partial charge on any atom is 0.318 e. The first kappa shape index (κ1) is 17.6. The van der Waals surface area contributed by atoms with Crippen molar-refractivity contribution < 1.29 is 14.6 Å². The molecule has 8 nitrogen and oxygen atoms in total. The summed E-state index contributed by atoms with van der Waals surface area (Å²) in [7, 11) is 0. The Morgan fingerprint density at radius 3 is 3.04 bits per heavy atom. The van der Waals surface area contributed by atoms with E-state index in [1.54, 1.807) is 23.1 Å². The van der Waals surface area contributed by atoms with Gasteiger partial charge in [0.05, 0.1) is 13.1 Å². The van der Waals surface area contributed by atoms with E-state index in [9.17, 15) is 9.90 Å². The summed E-state index contributed by atoms with van der Waals surface area (Å²) in [4.78, 5) is 14.6. The number of carbonyl (C=O) groups excluding carboxylic acids is 1. The zero-order valence-electron chi connectivity index (χ0n) is 15.7. The first-order valence-corrected chi connectivity index (χ1v) is 9.43. The summed E-state index contributed by atoms with van der Waals surface area (Å²) in [5.41, 5.74) is 0.896. The summed E-state index contributed by atoms with van der Waals surface area (Å²) in [5.74, 6) is 3.08. The smallest absolute Gasteiger partial charge is 0.318 e. The van der Waals surface area contributed by atoms with Crippen LogP contribution < -0.4 is 10.1 Å². The van der Waals surface area contributed by atoms with Crippen LogP contribution in [0.3, 0.4) is 0 Å².